The number of nitrogens with one attached hydrogen (secondary N) is 1. The molecule has 0 bridgehead atoms. The highest BCUT2D eigenvalue weighted by Gasteiger charge is 2.20. The molecule has 4 rings (SSSR count). The number of rotatable bonds is 4. The predicted molar refractivity (Wildman–Crippen MR) is 101 cm³/mol. The molecule has 3 aromatic rings. The number of aromatic nitrogens is 1. The normalized spacial score (nSPS) is 14.3. The van der Waals surface area contributed by atoms with Crippen LogP contribution in [-0.4, -0.2) is 42.4 Å². The molecule has 2 aromatic carbocycles. The molecule has 0 unspecified atom stereocenters. The Morgan fingerprint density at radius 1 is 1.15 bits per heavy atom. The lowest BCUT2D eigenvalue weighted by Crippen LogP contribution is -2.36. The Labute approximate surface area is 155 Å². The van der Waals surface area contributed by atoms with E-state index in [-0.39, 0.29) is 11.3 Å². The number of carboxylic acids is 1. The summed E-state index contributed by atoms with van der Waals surface area (Å²) in [5.74, 6) is -1.58. The van der Waals surface area contributed by atoms with E-state index in [0.717, 1.165) is 18.8 Å². The van der Waals surface area contributed by atoms with Crippen LogP contribution in [0.4, 0.5) is 21.5 Å². The Bertz CT molecular complexity index is 1000. The van der Waals surface area contributed by atoms with Crippen molar-refractivity contribution in [3.05, 3.63) is 60.0 Å². The molecule has 138 valence electrons. The fourth-order valence-electron chi connectivity index (χ4n) is 3.26. The number of ether oxygens (including phenoxy) is 1. The van der Waals surface area contributed by atoms with Gasteiger partial charge in [-0.15, -0.1) is 0 Å². The van der Waals surface area contributed by atoms with Crippen LogP contribution in [0.15, 0.2) is 48.7 Å². The first kappa shape index (κ1) is 17.2. The third-order valence-electron chi connectivity index (χ3n) is 4.59. The SMILES string of the molecule is O=C(O)c1cnc2c(N3CCOCC3)cccc2c1Nc1ccccc1F. The number of aromatic carboxylic acids is 1. The second-order valence-electron chi connectivity index (χ2n) is 6.23. The lowest BCUT2D eigenvalue weighted by molar-refractivity contribution is 0.0697. The van der Waals surface area contributed by atoms with E-state index in [1.165, 1.54) is 12.3 Å². The van der Waals surface area contributed by atoms with Gasteiger partial charge >= 0.3 is 5.97 Å². The molecule has 0 radical (unpaired) electrons. The maximum atomic E-state index is 14.1. The number of carbonyl (C=O) groups is 1. The molecule has 1 aromatic heterocycles. The maximum Gasteiger partial charge on any atom is 0.339 e. The van der Waals surface area contributed by atoms with E-state index in [2.05, 4.69) is 15.2 Å². The standard InChI is InChI=1S/C20H18FN3O3/c21-15-5-1-2-6-16(15)23-18-13-4-3-7-17(24-8-10-27-11-9-24)19(13)22-12-14(18)20(25)26/h1-7,12H,8-11H2,(H,22,23)(H,25,26). The summed E-state index contributed by atoms with van der Waals surface area (Å²) in [7, 11) is 0. The van der Waals surface area contributed by atoms with Crippen LogP contribution in [0.1, 0.15) is 10.4 Å². The molecule has 1 fully saturated rings. The van der Waals surface area contributed by atoms with E-state index in [4.69, 9.17) is 4.74 Å². The molecule has 1 aliphatic heterocycles. The molecule has 0 aliphatic carbocycles. The van der Waals surface area contributed by atoms with Gasteiger partial charge in [0.2, 0.25) is 0 Å². The molecule has 1 aliphatic rings. The smallest absolute Gasteiger partial charge is 0.339 e. The summed E-state index contributed by atoms with van der Waals surface area (Å²) in [4.78, 5) is 18.3. The van der Waals surface area contributed by atoms with Crippen molar-refractivity contribution in [3.8, 4) is 0 Å². The first-order chi connectivity index (χ1) is 13.1. The summed E-state index contributed by atoms with van der Waals surface area (Å²) in [5.41, 5.74) is 2.11. The quantitative estimate of drug-likeness (QED) is 0.733. The third-order valence-corrected chi connectivity index (χ3v) is 4.59. The molecular weight excluding hydrogens is 349 g/mol. The predicted octanol–water partition coefficient (Wildman–Crippen LogP) is 3.65. The summed E-state index contributed by atoms with van der Waals surface area (Å²) in [6.07, 6.45) is 1.32. The minimum absolute atomic E-state index is 0.00937. The lowest BCUT2D eigenvalue weighted by atomic mass is 10.1. The summed E-state index contributed by atoms with van der Waals surface area (Å²) in [6, 6.07) is 11.8. The Kier molecular flexibility index (Phi) is 4.60. The van der Waals surface area contributed by atoms with E-state index >= 15 is 0 Å². The Balaban J connectivity index is 1.88. The van der Waals surface area contributed by atoms with Crippen molar-refractivity contribution in [1.29, 1.82) is 0 Å². The van der Waals surface area contributed by atoms with Crippen molar-refractivity contribution < 1.29 is 19.0 Å². The van der Waals surface area contributed by atoms with Gasteiger partial charge in [0, 0.05) is 24.7 Å². The van der Waals surface area contributed by atoms with E-state index in [0.29, 0.717) is 29.8 Å². The number of fused-ring (bicyclic) bond motifs is 1. The monoisotopic (exact) mass is 367 g/mol. The number of carboxylic acid groups (broad SMARTS) is 1. The zero-order chi connectivity index (χ0) is 18.8. The maximum absolute atomic E-state index is 14.1. The van der Waals surface area contributed by atoms with Crippen molar-refractivity contribution >= 4 is 33.9 Å². The molecule has 0 saturated carbocycles. The summed E-state index contributed by atoms with van der Waals surface area (Å²) in [5, 5.41) is 13.2. The number of halogens is 1. The van der Waals surface area contributed by atoms with E-state index in [1.807, 2.05) is 12.1 Å². The molecule has 2 N–H and O–H groups in total. The van der Waals surface area contributed by atoms with Gasteiger partial charge in [-0.2, -0.15) is 0 Å². The molecule has 0 atom stereocenters. The third kappa shape index (κ3) is 3.29. The number of hydrogen-bond donors (Lipinski definition) is 2. The summed E-state index contributed by atoms with van der Waals surface area (Å²) < 4.78 is 19.5. The van der Waals surface area contributed by atoms with Gasteiger partial charge in [-0.25, -0.2) is 9.18 Å². The van der Waals surface area contributed by atoms with Crippen molar-refractivity contribution in [3.63, 3.8) is 0 Å². The molecule has 7 heteroatoms. The second-order valence-corrected chi connectivity index (χ2v) is 6.23. The van der Waals surface area contributed by atoms with Crippen LogP contribution < -0.4 is 10.2 Å². The highest BCUT2D eigenvalue weighted by Crippen LogP contribution is 2.34. The molecular formula is C20H18FN3O3. The highest BCUT2D eigenvalue weighted by molar-refractivity contribution is 6.08. The van der Waals surface area contributed by atoms with Crippen LogP contribution in [0.5, 0.6) is 0 Å². The van der Waals surface area contributed by atoms with Crippen molar-refractivity contribution in [2.45, 2.75) is 0 Å². The van der Waals surface area contributed by atoms with Crippen LogP contribution >= 0.6 is 0 Å². The number of pyridine rings is 1. The molecule has 1 saturated heterocycles. The van der Waals surface area contributed by atoms with E-state index < -0.39 is 11.8 Å². The minimum Gasteiger partial charge on any atom is -0.478 e. The van der Waals surface area contributed by atoms with Gasteiger partial charge in [-0.05, 0) is 18.2 Å². The van der Waals surface area contributed by atoms with Crippen molar-refractivity contribution in [2.75, 3.05) is 36.5 Å². The largest absolute Gasteiger partial charge is 0.478 e. The Hall–Kier alpha value is -3.19. The van der Waals surface area contributed by atoms with E-state index in [9.17, 15) is 14.3 Å². The highest BCUT2D eigenvalue weighted by atomic mass is 19.1. The number of anilines is 3. The minimum atomic E-state index is -1.12. The van der Waals surface area contributed by atoms with Gasteiger partial charge in [-0.1, -0.05) is 24.3 Å². The van der Waals surface area contributed by atoms with Gasteiger partial charge in [0.25, 0.3) is 0 Å². The number of para-hydroxylation sites is 2. The van der Waals surface area contributed by atoms with Crippen molar-refractivity contribution in [2.24, 2.45) is 0 Å². The van der Waals surface area contributed by atoms with Crippen LogP contribution in [0.2, 0.25) is 0 Å². The summed E-state index contributed by atoms with van der Waals surface area (Å²) in [6.45, 7) is 2.73. The zero-order valence-corrected chi connectivity index (χ0v) is 14.5. The van der Waals surface area contributed by atoms with Gasteiger partial charge in [0.05, 0.1) is 35.8 Å². The van der Waals surface area contributed by atoms with Gasteiger partial charge in [0.1, 0.15) is 11.4 Å². The molecule has 0 spiro atoms. The van der Waals surface area contributed by atoms with Gasteiger partial charge in [0.15, 0.2) is 0 Å². The number of nitrogens with zero attached hydrogens (tertiary/aromatic N) is 2. The van der Waals surface area contributed by atoms with Gasteiger partial charge in [-0.3, -0.25) is 4.98 Å². The van der Waals surface area contributed by atoms with Crippen LogP contribution in [0, 0.1) is 5.82 Å². The average Bonchev–Trinajstić information content (AvgIpc) is 2.70. The molecule has 27 heavy (non-hydrogen) atoms. The Morgan fingerprint density at radius 3 is 2.67 bits per heavy atom. The van der Waals surface area contributed by atoms with Crippen LogP contribution in [0.25, 0.3) is 10.9 Å². The summed E-state index contributed by atoms with van der Waals surface area (Å²) >= 11 is 0. The topological polar surface area (TPSA) is 74.7 Å². The van der Waals surface area contributed by atoms with Crippen molar-refractivity contribution in [1.82, 2.24) is 4.98 Å². The zero-order valence-electron chi connectivity index (χ0n) is 14.5. The number of benzene rings is 2. The van der Waals surface area contributed by atoms with Crippen LogP contribution in [-0.2, 0) is 4.74 Å². The average molecular weight is 367 g/mol. The number of hydrogen-bond acceptors (Lipinski definition) is 5. The fourth-order valence-corrected chi connectivity index (χ4v) is 3.26. The van der Waals surface area contributed by atoms with E-state index in [1.54, 1.807) is 24.3 Å². The molecule has 2 heterocycles. The second kappa shape index (κ2) is 7.20. The molecule has 0 amide bonds. The molecule has 6 nitrogen and oxygen atoms in total. The lowest BCUT2D eigenvalue weighted by Gasteiger charge is -2.29. The first-order valence-electron chi connectivity index (χ1n) is 8.64. The van der Waals surface area contributed by atoms with Gasteiger partial charge < -0.3 is 20.1 Å². The fraction of sp³-hybridized carbons (Fsp3) is 0.200. The van der Waals surface area contributed by atoms with Crippen LogP contribution in [0.3, 0.4) is 0 Å². The first-order valence-corrected chi connectivity index (χ1v) is 8.64. The number of morpholine rings is 1. The Morgan fingerprint density at radius 2 is 1.93 bits per heavy atom.